The van der Waals surface area contributed by atoms with Crippen LogP contribution >= 0.6 is 0 Å². The summed E-state index contributed by atoms with van der Waals surface area (Å²) in [6.45, 7) is 3.42. The molecule has 1 aromatic heterocycles. The van der Waals surface area contributed by atoms with Gasteiger partial charge >= 0.3 is 6.18 Å². The fourth-order valence-corrected chi connectivity index (χ4v) is 3.98. The molecule has 1 fully saturated rings. The van der Waals surface area contributed by atoms with E-state index in [1.807, 2.05) is 9.80 Å². The molecule has 0 spiro atoms. The molecular formula is C21H23F3N4O3S. The van der Waals surface area contributed by atoms with E-state index >= 15 is 0 Å². The van der Waals surface area contributed by atoms with Crippen molar-refractivity contribution in [3.05, 3.63) is 48.2 Å². The maximum atomic E-state index is 13.0. The first kappa shape index (κ1) is 23.8. The molecule has 11 heteroatoms. The van der Waals surface area contributed by atoms with E-state index < -0.39 is 21.6 Å². The molecule has 0 amide bonds. The highest BCUT2D eigenvalue weighted by atomic mass is 32.2. The molecule has 1 aliphatic rings. The number of sulfone groups is 1. The molecule has 1 aliphatic heterocycles. The SMILES string of the molecule is CC(O)(c1ccc(N2CCN(CC#CS(=O)(=O)c3ccc(N)nc3)CC2)cc1)C(F)(F)F. The van der Waals surface area contributed by atoms with Crippen LogP contribution in [0.3, 0.4) is 0 Å². The molecule has 0 bridgehead atoms. The van der Waals surface area contributed by atoms with Crippen LogP contribution in [0.25, 0.3) is 0 Å². The van der Waals surface area contributed by atoms with Gasteiger partial charge in [-0.15, -0.1) is 0 Å². The van der Waals surface area contributed by atoms with E-state index in [9.17, 15) is 26.7 Å². The molecular weight excluding hydrogens is 445 g/mol. The van der Waals surface area contributed by atoms with Crippen molar-refractivity contribution in [3.63, 3.8) is 0 Å². The van der Waals surface area contributed by atoms with Crippen LogP contribution in [0.5, 0.6) is 0 Å². The van der Waals surface area contributed by atoms with E-state index in [1.54, 1.807) is 12.1 Å². The molecule has 32 heavy (non-hydrogen) atoms. The van der Waals surface area contributed by atoms with Gasteiger partial charge < -0.3 is 15.7 Å². The number of aliphatic hydroxyl groups is 1. The highest BCUT2D eigenvalue weighted by molar-refractivity contribution is 7.96. The average molecular weight is 469 g/mol. The molecule has 0 aliphatic carbocycles. The fourth-order valence-electron chi connectivity index (χ4n) is 3.17. The Morgan fingerprint density at radius 3 is 2.25 bits per heavy atom. The van der Waals surface area contributed by atoms with Gasteiger partial charge in [-0.05, 0) is 36.8 Å². The number of nitrogens with zero attached hydrogens (tertiary/aromatic N) is 3. The van der Waals surface area contributed by atoms with Crippen molar-refractivity contribution < 1.29 is 26.7 Å². The lowest BCUT2D eigenvalue weighted by atomic mass is 9.95. The number of nitrogens with two attached hydrogens (primary N) is 1. The van der Waals surface area contributed by atoms with E-state index in [2.05, 4.69) is 16.2 Å². The molecule has 1 aromatic carbocycles. The summed E-state index contributed by atoms with van der Waals surface area (Å²) in [4.78, 5) is 7.74. The van der Waals surface area contributed by atoms with Crippen LogP contribution in [0.2, 0.25) is 0 Å². The van der Waals surface area contributed by atoms with Crippen LogP contribution in [-0.2, 0) is 15.4 Å². The number of benzene rings is 1. The number of rotatable bonds is 4. The van der Waals surface area contributed by atoms with E-state index in [1.165, 1.54) is 24.3 Å². The summed E-state index contributed by atoms with van der Waals surface area (Å²) in [6, 6.07) is 8.40. The molecule has 1 atom stereocenters. The molecule has 2 aromatic rings. The van der Waals surface area contributed by atoms with Gasteiger partial charge in [0.1, 0.15) is 5.82 Å². The number of aromatic nitrogens is 1. The lowest BCUT2D eigenvalue weighted by Gasteiger charge is -2.35. The van der Waals surface area contributed by atoms with Crippen LogP contribution in [0.4, 0.5) is 24.7 Å². The number of hydrogen-bond donors (Lipinski definition) is 2. The Bertz CT molecular complexity index is 1100. The highest BCUT2D eigenvalue weighted by Crippen LogP contribution is 2.38. The first-order valence-corrected chi connectivity index (χ1v) is 11.2. The van der Waals surface area contributed by atoms with Crippen molar-refractivity contribution in [2.45, 2.75) is 23.6 Å². The highest BCUT2D eigenvalue weighted by Gasteiger charge is 2.51. The van der Waals surface area contributed by atoms with Gasteiger partial charge in [0.15, 0.2) is 5.60 Å². The summed E-state index contributed by atoms with van der Waals surface area (Å²) in [6.07, 6.45) is -3.60. The van der Waals surface area contributed by atoms with Crippen molar-refractivity contribution in [2.75, 3.05) is 43.4 Å². The van der Waals surface area contributed by atoms with Gasteiger partial charge in [-0.2, -0.15) is 13.2 Å². The van der Waals surface area contributed by atoms with Gasteiger partial charge in [-0.25, -0.2) is 13.4 Å². The van der Waals surface area contributed by atoms with Gasteiger partial charge in [-0.1, -0.05) is 18.1 Å². The summed E-state index contributed by atoms with van der Waals surface area (Å²) >= 11 is 0. The lowest BCUT2D eigenvalue weighted by Crippen LogP contribution is -2.46. The molecule has 0 saturated carbocycles. The van der Waals surface area contributed by atoms with E-state index in [4.69, 9.17) is 5.73 Å². The quantitative estimate of drug-likeness (QED) is 0.523. The summed E-state index contributed by atoms with van der Waals surface area (Å²) < 4.78 is 63.4. The zero-order valence-electron chi connectivity index (χ0n) is 17.3. The molecule has 1 unspecified atom stereocenters. The van der Waals surface area contributed by atoms with Crippen LogP contribution < -0.4 is 10.6 Å². The molecule has 0 radical (unpaired) electrons. The second-order valence-corrected chi connectivity index (χ2v) is 9.26. The van der Waals surface area contributed by atoms with E-state index in [0.29, 0.717) is 26.2 Å². The predicted octanol–water partition coefficient (Wildman–Crippen LogP) is 1.99. The Kier molecular flexibility index (Phi) is 6.69. The minimum Gasteiger partial charge on any atom is -0.384 e. The van der Waals surface area contributed by atoms with Crippen molar-refractivity contribution in [1.29, 1.82) is 0 Å². The first-order valence-electron chi connectivity index (χ1n) is 9.73. The maximum absolute atomic E-state index is 13.0. The molecule has 172 valence electrons. The number of piperazine rings is 1. The Hall–Kier alpha value is -2.81. The van der Waals surface area contributed by atoms with Crippen LogP contribution in [0.15, 0.2) is 47.5 Å². The third kappa shape index (κ3) is 5.32. The Labute approximate surface area is 184 Å². The molecule has 7 nitrogen and oxygen atoms in total. The molecule has 3 N–H and O–H groups in total. The first-order chi connectivity index (χ1) is 14.9. The standard InChI is InChI=1S/C21H23F3N4O3S/c1-20(29,21(22,23)24)16-3-5-17(6-4-16)28-12-10-27(11-13-28)9-2-14-32(30,31)18-7-8-19(25)26-15-18/h3-8,15,29H,9-13H2,1H3,(H2,25,26). The second kappa shape index (κ2) is 8.97. The number of nitrogen functional groups attached to an aromatic ring is 1. The third-order valence-corrected chi connectivity index (χ3v) is 6.57. The largest absolute Gasteiger partial charge is 0.421 e. The monoisotopic (exact) mass is 468 g/mol. The van der Waals surface area contributed by atoms with Crippen LogP contribution in [0.1, 0.15) is 12.5 Å². The number of anilines is 2. The average Bonchev–Trinajstić information content (AvgIpc) is 2.74. The second-order valence-electron chi connectivity index (χ2n) is 7.58. The number of hydrogen-bond acceptors (Lipinski definition) is 7. The zero-order valence-corrected chi connectivity index (χ0v) is 18.1. The van der Waals surface area contributed by atoms with Crippen molar-refractivity contribution >= 4 is 21.3 Å². The minimum atomic E-state index is -4.76. The van der Waals surface area contributed by atoms with Crippen molar-refractivity contribution in [2.24, 2.45) is 0 Å². The number of alkyl halides is 3. The normalized spacial score (nSPS) is 17.3. The van der Waals surface area contributed by atoms with Gasteiger partial charge in [-0.3, -0.25) is 4.90 Å². The molecule has 3 rings (SSSR count). The smallest absolute Gasteiger partial charge is 0.384 e. The molecule has 1 saturated heterocycles. The van der Waals surface area contributed by atoms with E-state index in [0.717, 1.165) is 18.8 Å². The van der Waals surface area contributed by atoms with Gasteiger partial charge in [0.05, 0.1) is 11.4 Å². The van der Waals surface area contributed by atoms with Crippen molar-refractivity contribution in [3.8, 4) is 11.2 Å². The number of pyridine rings is 1. The lowest BCUT2D eigenvalue weighted by molar-refractivity contribution is -0.258. The van der Waals surface area contributed by atoms with Crippen molar-refractivity contribution in [1.82, 2.24) is 9.88 Å². The summed E-state index contributed by atoms with van der Waals surface area (Å²) in [7, 11) is -3.78. The minimum absolute atomic E-state index is 0.0167. The van der Waals surface area contributed by atoms with Crippen LogP contribution in [0, 0.1) is 11.2 Å². The summed E-state index contributed by atoms with van der Waals surface area (Å²) in [5.41, 5.74) is 3.07. The predicted molar refractivity (Wildman–Crippen MR) is 114 cm³/mol. The summed E-state index contributed by atoms with van der Waals surface area (Å²) in [5.74, 6) is 2.90. The van der Waals surface area contributed by atoms with Gasteiger partial charge in [0.2, 0.25) is 9.84 Å². The Balaban J connectivity index is 1.56. The summed E-state index contributed by atoms with van der Waals surface area (Å²) in [5, 5.41) is 12.1. The van der Waals surface area contributed by atoms with Crippen LogP contribution in [-0.4, -0.2) is 62.3 Å². The molecule has 2 heterocycles. The Morgan fingerprint density at radius 2 is 1.72 bits per heavy atom. The number of halogens is 3. The van der Waals surface area contributed by atoms with Gasteiger partial charge in [0.25, 0.3) is 0 Å². The fraction of sp³-hybridized carbons (Fsp3) is 0.381. The topological polar surface area (TPSA) is 99.8 Å². The maximum Gasteiger partial charge on any atom is 0.421 e. The van der Waals surface area contributed by atoms with E-state index in [-0.39, 0.29) is 22.8 Å². The third-order valence-electron chi connectivity index (χ3n) is 5.30. The van der Waals surface area contributed by atoms with Gasteiger partial charge in [0, 0.05) is 43.3 Å². The Morgan fingerprint density at radius 1 is 1.09 bits per heavy atom. The zero-order chi connectivity index (χ0) is 23.6.